The van der Waals surface area contributed by atoms with Gasteiger partial charge in [-0.25, -0.2) is 0 Å². The molecule has 1 unspecified atom stereocenters. The third-order valence-electron chi connectivity index (χ3n) is 2.85. The van der Waals surface area contributed by atoms with Crippen LogP contribution in [0.15, 0.2) is 0 Å². The van der Waals surface area contributed by atoms with E-state index in [0.29, 0.717) is 12.3 Å². The Bertz CT molecular complexity index is 276. The summed E-state index contributed by atoms with van der Waals surface area (Å²) in [6.07, 6.45) is 2.97. The van der Waals surface area contributed by atoms with E-state index in [0.717, 1.165) is 12.8 Å². The summed E-state index contributed by atoms with van der Waals surface area (Å²) in [5.41, 5.74) is -0.456. The molecule has 0 saturated heterocycles. The highest BCUT2D eigenvalue weighted by atomic mass is 16.4. The highest BCUT2D eigenvalue weighted by Gasteiger charge is 2.30. The Hall–Kier alpha value is -1.06. The van der Waals surface area contributed by atoms with Gasteiger partial charge < -0.3 is 10.4 Å². The van der Waals surface area contributed by atoms with Crippen LogP contribution in [0.2, 0.25) is 0 Å². The summed E-state index contributed by atoms with van der Waals surface area (Å²) in [4.78, 5) is 22.6. The van der Waals surface area contributed by atoms with Gasteiger partial charge in [-0.15, -0.1) is 0 Å². The Kier molecular flexibility index (Phi) is 3.94. The summed E-state index contributed by atoms with van der Waals surface area (Å²) in [5.74, 6) is -0.762. The summed E-state index contributed by atoms with van der Waals surface area (Å²) in [7, 11) is 0. The number of aliphatic carboxylic acids is 1. The van der Waals surface area contributed by atoms with Gasteiger partial charge in [0, 0.05) is 12.0 Å². The number of amides is 1. The van der Waals surface area contributed by atoms with Crippen molar-refractivity contribution in [2.24, 2.45) is 17.3 Å². The molecule has 1 saturated carbocycles. The molecule has 92 valence electrons. The third kappa shape index (κ3) is 4.21. The van der Waals surface area contributed by atoms with E-state index in [-0.39, 0.29) is 12.5 Å². The van der Waals surface area contributed by atoms with Crippen LogP contribution in [0.25, 0.3) is 0 Å². The molecule has 0 aromatic rings. The van der Waals surface area contributed by atoms with Crippen LogP contribution in [0.4, 0.5) is 0 Å². The summed E-state index contributed by atoms with van der Waals surface area (Å²) in [6.45, 7) is 5.71. The molecule has 1 aliphatic rings. The number of rotatable bonds is 5. The van der Waals surface area contributed by atoms with E-state index in [1.54, 1.807) is 0 Å². The van der Waals surface area contributed by atoms with Gasteiger partial charge in [0.2, 0.25) is 5.91 Å². The van der Waals surface area contributed by atoms with E-state index in [9.17, 15) is 9.59 Å². The van der Waals surface area contributed by atoms with E-state index < -0.39 is 17.3 Å². The Balaban J connectivity index is 2.37. The van der Waals surface area contributed by atoms with Gasteiger partial charge in [0.1, 0.15) is 0 Å². The molecular weight excluding hydrogens is 206 g/mol. The average Bonchev–Trinajstić information content (AvgIpc) is 2.92. The maximum atomic E-state index is 11.6. The summed E-state index contributed by atoms with van der Waals surface area (Å²) in [5, 5.41) is 11.7. The molecule has 1 aliphatic carbocycles. The quantitative estimate of drug-likeness (QED) is 0.750. The maximum absolute atomic E-state index is 11.6. The Morgan fingerprint density at radius 1 is 1.38 bits per heavy atom. The first-order chi connectivity index (χ1) is 7.30. The number of carboxylic acid groups (broad SMARTS) is 1. The van der Waals surface area contributed by atoms with Gasteiger partial charge in [0.25, 0.3) is 0 Å². The zero-order chi connectivity index (χ0) is 12.3. The molecule has 0 spiro atoms. The molecule has 4 nitrogen and oxygen atoms in total. The van der Waals surface area contributed by atoms with Crippen molar-refractivity contribution in [1.82, 2.24) is 5.32 Å². The fourth-order valence-electron chi connectivity index (χ4n) is 1.51. The Morgan fingerprint density at radius 2 is 1.94 bits per heavy atom. The number of carbonyl (C=O) groups is 2. The molecule has 0 bridgehead atoms. The van der Waals surface area contributed by atoms with Gasteiger partial charge in [0.05, 0.1) is 5.92 Å². The molecule has 0 heterocycles. The number of hydrogen-bond donors (Lipinski definition) is 2. The van der Waals surface area contributed by atoms with Gasteiger partial charge in [-0.05, 0) is 12.3 Å². The van der Waals surface area contributed by atoms with Crippen molar-refractivity contribution < 1.29 is 14.7 Å². The van der Waals surface area contributed by atoms with Crippen LogP contribution in [-0.2, 0) is 9.59 Å². The normalized spacial score (nSPS) is 17.9. The van der Waals surface area contributed by atoms with E-state index >= 15 is 0 Å². The highest BCUT2D eigenvalue weighted by Crippen LogP contribution is 2.35. The van der Waals surface area contributed by atoms with Crippen LogP contribution in [0.5, 0.6) is 0 Å². The lowest BCUT2D eigenvalue weighted by atomic mass is 9.95. The third-order valence-corrected chi connectivity index (χ3v) is 2.85. The van der Waals surface area contributed by atoms with Crippen LogP contribution in [0.1, 0.15) is 40.0 Å². The smallest absolute Gasteiger partial charge is 0.308 e. The first-order valence-corrected chi connectivity index (χ1v) is 5.82. The van der Waals surface area contributed by atoms with Crippen molar-refractivity contribution in [3.63, 3.8) is 0 Å². The zero-order valence-electron chi connectivity index (χ0n) is 10.2. The minimum atomic E-state index is -0.805. The topological polar surface area (TPSA) is 66.4 Å². The predicted octanol–water partition coefficient (Wildman–Crippen LogP) is 1.65. The van der Waals surface area contributed by atoms with Gasteiger partial charge in [-0.1, -0.05) is 33.6 Å². The summed E-state index contributed by atoms with van der Waals surface area (Å²) < 4.78 is 0. The summed E-state index contributed by atoms with van der Waals surface area (Å²) >= 11 is 0. The second-order valence-corrected chi connectivity index (χ2v) is 5.67. The van der Waals surface area contributed by atoms with Crippen LogP contribution >= 0.6 is 0 Å². The molecule has 1 rings (SSSR count). The number of carboxylic acids is 1. The molecule has 0 aliphatic heterocycles. The van der Waals surface area contributed by atoms with Crippen molar-refractivity contribution in [2.45, 2.75) is 40.0 Å². The minimum absolute atomic E-state index is 0.0884. The molecule has 1 fully saturated rings. The molecule has 0 radical (unpaired) electrons. The fourth-order valence-corrected chi connectivity index (χ4v) is 1.51. The van der Waals surface area contributed by atoms with E-state index in [4.69, 9.17) is 5.11 Å². The first kappa shape index (κ1) is 13.0. The highest BCUT2D eigenvalue weighted by molar-refractivity contribution is 5.82. The molecule has 2 N–H and O–H groups in total. The molecule has 0 aromatic heterocycles. The number of nitrogens with one attached hydrogen (secondary N) is 1. The van der Waals surface area contributed by atoms with Gasteiger partial charge >= 0.3 is 5.97 Å². The molecule has 4 heteroatoms. The van der Waals surface area contributed by atoms with Crippen molar-refractivity contribution in [1.29, 1.82) is 0 Å². The average molecular weight is 227 g/mol. The van der Waals surface area contributed by atoms with Crippen molar-refractivity contribution in [3.05, 3.63) is 0 Å². The second kappa shape index (κ2) is 4.85. The monoisotopic (exact) mass is 227 g/mol. The van der Waals surface area contributed by atoms with E-state index in [1.165, 1.54) is 0 Å². The van der Waals surface area contributed by atoms with Gasteiger partial charge in [-0.3, -0.25) is 9.59 Å². The molecule has 0 aromatic carbocycles. The van der Waals surface area contributed by atoms with Crippen molar-refractivity contribution in [3.8, 4) is 0 Å². The number of hydrogen-bond acceptors (Lipinski definition) is 2. The SMILES string of the molecule is CC(C)(C)C(=O)NCC(CC1CC1)C(=O)O. The predicted molar refractivity (Wildman–Crippen MR) is 60.9 cm³/mol. The van der Waals surface area contributed by atoms with Crippen molar-refractivity contribution >= 4 is 11.9 Å². The van der Waals surface area contributed by atoms with Crippen molar-refractivity contribution in [2.75, 3.05) is 6.54 Å². The van der Waals surface area contributed by atoms with E-state index in [2.05, 4.69) is 5.32 Å². The van der Waals surface area contributed by atoms with Crippen LogP contribution in [0.3, 0.4) is 0 Å². The Labute approximate surface area is 96.4 Å². The molecule has 1 amide bonds. The molecule has 1 atom stereocenters. The lowest BCUT2D eigenvalue weighted by Crippen LogP contribution is -2.39. The molecule has 16 heavy (non-hydrogen) atoms. The van der Waals surface area contributed by atoms with E-state index in [1.807, 2.05) is 20.8 Å². The Morgan fingerprint density at radius 3 is 2.31 bits per heavy atom. The van der Waals surface area contributed by atoms with Crippen LogP contribution in [0, 0.1) is 17.3 Å². The van der Waals surface area contributed by atoms with Crippen LogP contribution < -0.4 is 5.32 Å². The largest absolute Gasteiger partial charge is 0.481 e. The lowest BCUT2D eigenvalue weighted by molar-refractivity contribution is -0.142. The fraction of sp³-hybridized carbons (Fsp3) is 0.833. The van der Waals surface area contributed by atoms with Crippen LogP contribution in [-0.4, -0.2) is 23.5 Å². The second-order valence-electron chi connectivity index (χ2n) is 5.67. The first-order valence-electron chi connectivity index (χ1n) is 5.82. The maximum Gasteiger partial charge on any atom is 0.308 e. The molecular formula is C12H21NO3. The lowest BCUT2D eigenvalue weighted by Gasteiger charge is -2.20. The summed E-state index contributed by atoms with van der Waals surface area (Å²) in [6, 6.07) is 0. The number of carbonyl (C=O) groups excluding carboxylic acids is 1. The van der Waals surface area contributed by atoms with Gasteiger partial charge in [-0.2, -0.15) is 0 Å². The standard InChI is InChI=1S/C12H21NO3/c1-12(2,3)11(16)13-7-9(10(14)15)6-8-4-5-8/h8-9H,4-7H2,1-3H3,(H,13,16)(H,14,15). The zero-order valence-corrected chi connectivity index (χ0v) is 10.2. The van der Waals surface area contributed by atoms with Gasteiger partial charge in [0.15, 0.2) is 0 Å². The minimum Gasteiger partial charge on any atom is -0.481 e.